The lowest BCUT2D eigenvalue weighted by Gasteiger charge is -2.52. The van der Waals surface area contributed by atoms with Gasteiger partial charge >= 0.3 is 12.0 Å². The molecule has 1 saturated carbocycles. The van der Waals surface area contributed by atoms with E-state index in [0.29, 0.717) is 18.7 Å². The molecule has 1 saturated heterocycles. The second-order valence-electron chi connectivity index (χ2n) is 6.00. The summed E-state index contributed by atoms with van der Waals surface area (Å²) < 4.78 is 40.0. The lowest BCUT2D eigenvalue weighted by Crippen LogP contribution is -2.66. The molecule has 1 aromatic heterocycles. The normalized spacial score (nSPS) is 30.2. The number of alkyl halides is 2. The average Bonchev–Trinajstić information content (AvgIpc) is 2.84. The molecule has 2 atom stereocenters. The second-order valence-corrected chi connectivity index (χ2v) is 6.00. The molecule has 1 aromatic rings. The van der Waals surface area contributed by atoms with Crippen LogP contribution >= 0.6 is 0 Å². The molecule has 2 unspecified atom stereocenters. The lowest BCUT2D eigenvalue weighted by atomic mass is 9.63. The van der Waals surface area contributed by atoms with Crippen LogP contribution in [0.1, 0.15) is 32.1 Å². The van der Waals surface area contributed by atoms with Gasteiger partial charge in [0.25, 0.3) is 5.92 Å². The molecular formula is C14H19F2N3O3. The van der Waals surface area contributed by atoms with Gasteiger partial charge in [0.15, 0.2) is 0 Å². The first kappa shape index (κ1) is 15.2. The van der Waals surface area contributed by atoms with Gasteiger partial charge < -0.3 is 14.1 Å². The second kappa shape index (κ2) is 5.17. The monoisotopic (exact) mass is 315 g/mol. The minimum Gasteiger partial charge on any atom is -0.465 e. The fraction of sp³-hybridized carbons (Fsp3) is 0.786. The van der Waals surface area contributed by atoms with Gasteiger partial charge in [-0.2, -0.15) is 0 Å². The van der Waals surface area contributed by atoms with Crippen molar-refractivity contribution in [2.24, 2.45) is 11.3 Å². The maximum Gasteiger partial charge on any atom is 0.320 e. The van der Waals surface area contributed by atoms with Crippen molar-refractivity contribution in [1.82, 2.24) is 10.2 Å². The summed E-state index contributed by atoms with van der Waals surface area (Å²) in [5.74, 6) is -4.46. The SMILES string of the molecule is CCOC(=O)C12CCCC(CN(c3nnc(C)o3)C1)C2(F)F. The summed E-state index contributed by atoms with van der Waals surface area (Å²) in [4.78, 5) is 13.9. The molecule has 8 heteroatoms. The van der Waals surface area contributed by atoms with Crippen LogP contribution in [0.25, 0.3) is 0 Å². The highest BCUT2D eigenvalue weighted by Gasteiger charge is 2.68. The number of anilines is 1. The van der Waals surface area contributed by atoms with Crippen LogP contribution in [0.4, 0.5) is 14.8 Å². The highest BCUT2D eigenvalue weighted by Crippen LogP contribution is 2.55. The molecule has 6 nitrogen and oxygen atoms in total. The van der Waals surface area contributed by atoms with E-state index >= 15 is 0 Å². The number of hydrogen-bond acceptors (Lipinski definition) is 6. The molecule has 0 aromatic carbocycles. The zero-order valence-electron chi connectivity index (χ0n) is 12.6. The van der Waals surface area contributed by atoms with Gasteiger partial charge in [-0.05, 0) is 19.8 Å². The Hall–Kier alpha value is -1.73. The Balaban J connectivity index is 1.97. The molecule has 22 heavy (non-hydrogen) atoms. The van der Waals surface area contributed by atoms with Crippen molar-refractivity contribution in [2.75, 3.05) is 24.6 Å². The summed E-state index contributed by atoms with van der Waals surface area (Å²) in [6.45, 7) is 3.29. The van der Waals surface area contributed by atoms with E-state index in [9.17, 15) is 13.6 Å². The summed E-state index contributed by atoms with van der Waals surface area (Å²) in [5.41, 5.74) is -1.83. The largest absolute Gasteiger partial charge is 0.465 e. The summed E-state index contributed by atoms with van der Waals surface area (Å²) >= 11 is 0. The minimum atomic E-state index is -3.08. The van der Waals surface area contributed by atoms with Crippen LogP contribution in [-0.4, -0.2) is 41.8 Å². The van der Waals surface area contributed by atoms with Gasteiger partial charge in [-0.25, -0.2) is 8.78 Å². The van der Waals surface area contributed by atoms with Crippen LogP contribution in [-0.2, 0) is 9.53 Å². The third kappa shape index (κ3) is 2.07. The van der Waals surface area contributed by atoms with Crippen molar-refractivity contribution < 1.29 is 22.7 Å². The molecule has 2 aliphatic rings. The molecule has 0 amide bonds. The molecule has 0 radical (unpaired) electrons. The highest BCUT2D eigenvalue weighted by molar-refractivity contribution is 5.80. The van der Waals surface area contributed by atoms with Crippen molar-refractivity contribution in [1.29, 1.82) is 0 Å². The van der Waals surface area contributed by atoms with E-state index in [-0.39, 0.29) is 32.1 Å². The molecule has 122 valence electrons. The third-order valence-corrected chi connectivity index (χ3v) is 4.66. The third-order valence-electron chi connectivity index (χ3n) is 4.66. The van der Waals surface area contributed by atoms with E-state index in [2.05, 4.69) is 10.2 Å². The maximum atomic E-state index is 14.8. The first-order valence-electron chi connectivity index (χ1n) is 7.51. The Kier molecular flexibility index (Phi) is 3.57. The van der Waals surface area contributed by atoms with Crippen molar-refractivity contribution >= 4 is 12.0 Å². The number of halogens is 2. The number of esters is 1. The predicted octanol–water partition coefficient (Wildman–Crippen LogP) is 2.18. The molecular weight excluding hydrogens is 296 g/mol. The number of carbonyl (C=O) groups excluding carboxylic acids is 1. The number of piperidine rings is 1. The Bertz CT molecular complexity index is 577. The van der Waals surface area contributed by atoms with Gasteiger partial charge in [0.2, 0.25) is 5.89 Å². The van der Waals surface area contributed by atoms with Crippen LogP contribution in [0.5, 0.6) is 0 Å². The molecule has 2 heterocycles. The van der Waals surface area contributed by atoms with Gasteiger partial charge in [-0.3, -0.25) is 4.79 Å². The summed E-state index contributed by atoms with van der Waals surface area (Å²) in [6, 6.07) is 0.188. The Labute approximate surface area is 126 Å². The number of nitrogens with zero attached hydrogens (tertiary/aromatic N) is 3. The predicted molar refractivity (Wildman–Crippen MR) is 72.6 cm³/mol. The van der Waals surface area contributed by atoms with Crippen molar-refractivity contribution in [2.45, 2.75) is 39.0 Å². The van der Waals surface area contributed by atoms with E-state index in [1.54, 1.807) is 18.7 Å². The number of carbonyl (C=O) groups is 1. The Morgan fingerprint density at radius 2 is 2.27 bits per heavy atom. The minimum absolute atomic E-state index is 0.0843. The summed E-state index contributed by atoms with van der Waals surface area (Å²) in [7, 11) is 0. The fourth-order valence-corrected chi connectivity index (χ4v) is 3.57. The number of rotatable bonds is 3. The van der Waals surface area contributed by atoms with E-state index in [1.807, 2.05) is 0 Å². The smallest absolute Gasteiger partial charge is 0.320 e. The van der Waals surface area contributed by atoms with Crippen molar-refractivity contribution in [3.63, 3.8) is 0 Å². The zero-order chi connectivity index (χ0) is 16.0. The average molecular weight is 315 g/mol. The van der Waals surface area contributed by atoms with Gasteiger partial charge in [-0.1, -0.05) is 11.5 Å². The lowest BCUT2D eigenvalue weighted by molar-refractivity contribution is -0.217. The molecule has 3 rings (SSSR count). The summed E-state index contributed by atoms with van der Waals surface area (Å²) in [6.07, 6.45) is 1.08. The summed E-state index contributed by atoms with van der Waals surface area (Å²) in [5, 5.41) is 7.63. The standard InChI is InChI=1S/C14H19F2N3O3/c1-3-21-11(20)13-6-4-5-10(14(13,15)16)7-19(8-13)12-18-17-9(2)22-12/h10H,3-8H2,1-2H3. The molecule has 0 N–H and O–H groups in total. The van der Waals surface area contributed by atoms with Gasteiger partial charge in [-0.15, -0.1) is 5.10 Å². The van der Waals surface area contributed by atoms with E-state index < -0.39 is 23.2 Å². The van der Waals surface area contributed by atoms with Crippen LogP contribution in [0.3, 0.4) is 0 Å². The quantitative estimate of drug-likeness (QED) is 0.796. The molecule has 1 aliphatic carbocycles. The first-order chi connectivity index (χ1) is 10.4. The van der Waals surface area contributed by atoms with E-state index in [1.165, 1.54) is 0 Å². The first-order valence-corrected chi connectivity index (χ1v) is 7.51. The number of hydrogen-bond donors (Lipinski definition) is 0. The Morgan fingerprint density at radius 1 is 1.50 bits per heavy atom. The molecule has 0 spiro atoms. The van der Waals surface area contributed by atoms with E-state index in [4.69, 9.17) is 9.15 Å². The molecule has 2 bridgehead atoms. The molecule has 2 fully saturated rings. The molecule has 1 aliphatic heterocycles. The Morgan fingerprint density at radius 3 is 2.91 bits per heavy atom. The van der Waals surface area contributed by atoms with E-state index in [0.717, 1.165) is 0 Å². The number of aromatic nitrogens is 2. The van der Waals surface area contributed by atoms with Crippen molar-refractivity contribution in [3.05, 3.63) is 5.89 Å². The number of aryl methyl sites for hydroxylation is 1. The number of ether oxygens (including phenoxy) is 1. The van der Waals surface area contributed by atoms with Crippen LogP contribution in [0.2, 0.25) is 0 Å². The van der Waals surface area contributed by atoms with Gasteiger partial charge in [0.1, 0.15) is 5.41 Å². The highest BCUT2D eigenvalue weighted by atomic mass is 19.3. The zero-order valence-corrected chi connectivity index (χ0v) is 12.6. The fourth-order valence-electron chi connectivity index (χ4n) is 3.57. The number of fused-ring (bicyclic) bond motifs is 2. The maximum absolute atomic E-state index is 14.8. The van der Waals surface area contributed by atoms with Gasteiger partial charge in [0, 0.05) is 25.9 Å². The van der Waals surface area contributed by atoms with Crippen molar-refractivity contribution in [3.8, 4) is 0 Å². The van der Waals surface area contributed by atoms with Crippen LogP contribution in [0, 0.1) is 18.3 Å². The van der Waals surface area contributed by atoms with Crippen LogP contribution in [0.15, 0.2) is 4.42 Å². The van der Waals surface area contributed by atoms with Crippen LogP contribution < -0.4 is 4.90 Å². The topological polar surface area (TPSA) is 68.5 Å². The van der Waals surface area contributed by atoms with Gasteiger partial charge in [0.05, 0.1) is 6.61 Å².